The van der Waals surface area contributed by atoms with Crippen LogP contribution in [0.2, 0.25) is 0 Å². The van der Waals surface area contributed by atoms with Crippen LogP contribution in [-0.4, -0.2) is 92.9 Å². The van der Waals surface area contributed by atoms with Crippen LogP contribution in [0, 0.1) is 23.7 Å². The average molecular weight is 727 g/mol. The highest BCUT2D eigenvalue weighted by molar-refractivity contribution is 7.12. The number of benzene rings is 2. The van der Waals surface area contributed by atoms with Crippen molar-refractivity contribution in [1.29, 1.82) is 0 Å². The third-order valence-electron chi connectivity index (χ3n) is 8.60. The van der Waals surface area contributed by atoms with Crippen molar-refractivity contribution in [2.75, 3.05) is 80.3 Å². The minimum atomic E-state index is -0.472. The third kappa shape index (κ3) is 10.1. The van der Waals surface area contributed by atoms with E-state index in [2.05, 4.69) is 47.9 Å². The van der Waals surface area contributed by atoms with E-state index in [1.165, 1.54) is 22.7 Å². The number of hydrogen-bond donors (Lipinski definition) is 0. The SMILES string of the molecule is COCCOCCOCCC1(CCOCCOCCOC)c2cc(C#Cc3ccsc3C=O)ccc2-c2ccc(C#Cc3ccsc3C=O)cc21. The Hall–Kier alpha value is -3.94. The highest BCUT2D eigenvalue weighted by Gasteiger charge is 2.43. The monoisotopic (exact) mass is 726 g/mol. The zero-order valence-electron chi connectivity index (χ0n) is 29.0. The first-order valence-corrected chi connectivity index (χ1v) is 18.6. The minimum Gasteiger partial charge on any atom is -0.382 e. The minimum absolute atomic E-state index is 0.464. The third-order valence-corrected chi connectivity index (χ3v) is 10.3. The molecule has 0 N–H and O–H groups in total. The van der Waals surface area contributed by atoms with E-state index in [-0.39, 0.29) is 0 Å². The largest absolute Gasteiger partial charge is 0.382 e. The van der Waals surface area contributed by atoms with Crippen molar-refractivity contribution in [3.63, 3.8) is 0 Å². The van der Waals surface area contributed by atoms with Gasteiger partial charge in [-0.2, -0.15) is 0 Å². The molecule has 0 amide bonds. The van der Waals surface area contributed by atoms with Crippen LogP contribution in [0.1, 0.15) is 65.6 Å². The van der Waals surface area contributed by atoms with Crippen LogP contribution in [-0.2, 0) is 33.8 Å². The van der Waals surface area contributed by atoms with E-state index >= 15 is 0 Å². The molecule has 0 saturated heterocycles. The molecule has 10 heteroatoms. The zero-order valence-corrected chi connectivity index (χ0v) is 30.6. The molecule has 8 nitrogen and oxygen atoms in total. The predicted octanol–water partition coefficient (Wildman–Crippen LogP) is 6.64. The summed E-state index contributed by atoms with van der Waals surface area (Å²) in [6.45, 7) is 4.98. The Morgan fingerprint density at radius 2 is 0.961 bits per heavy atom. The van der Waals surface area contributed by atoms with Gasteiger partial charge in [0.25, 0.3) is 0 Å². The van der Waals surface area contributed by atoms with Crippen LogP contribution >= 0.6 is 22.7 Å². The van der Waals surface area contributed by atoms with Gasteiger partial charge in [-0.1, -0.05) is 35.8 Å². The molecule has 0 fully saturated rings. The van der Waals surface area contributed by atoms with E-state index < -0.39 is 5.41 Å². The Labute approximate surface area is 308 Å². The van der Waals surface area contributed by atoms with Crippen molar-refractivity contribution >= 4 is 35.2 Å². The maximum Gasteiger partial charge on any atom is 0.161 e. The van der Waals surface area contributed by atoms with Gasteiger partial charge in [-0.25, -0.2) is 0 Å². The molecule has 0 saturated carbocycles. The van der Waals surface area contributed by atoms with E-state index in [1.54, 1.807) is 14.2 Å². The lowest BCUT2D eigenvalue weighted by atomic mass is 9.72. The summed E-state index contributed by atoms with van der Waals surface area (Å²) >= 11 is 2.77. The topological polar surface area (TPSA) is 89.5 Å². The Bertz CT molecular complexity index is 1730. The number of methoxy groups -OCH3 is 2. The maximum atomic E-state index is 11.5. The molecule has 0 bridgehead atoms. The van der Waals surface area contributed by atoms with Gasteiger partial charge < -0.3 is 28.4 Å². The number of ether oxygens (including phenoxy) is 6. The molecular formula is C41H42O8S2. The Morgan fingerprint density at radius 3 is 1.37 bits per heavy atom. The Morgan fingerprint density at radius 1 is 0.549 bits per heavy atom. The van der Waals surface area contributed by atoms with E-state index in [4.69, 9.17) is 28.4 Å². The van der Waals surface area contributed by atoms with E-state index in [1.807, 2.05) is 35.0 Å². The van der Waals surface area contributed by atoms with Crippen LogP contribution in [0.3, 0.4) is 0 Å². The lowest BCUT2D eigenvalue weighted by Gasteiger charge is -2.32. The Balaban J connectivity index is 1.49. The second kappa shape index (κ2) is 20.2. The number of carbonyl (C=O) groups excluding carboxylic acids is 2. The molecule has 0 atom stereocenters. The first-order valence-electron chi connectivity index (χ1n) is 16.8. The molecule has 4 aromatic rings. The fourth-order valence-electron chi connectivity index (χ4n) is 6.05. The van der Waals surface area contributed by atoms with Gasteiger partial charge in [-0.3, -0.25) is 9.59 Å². The summed E-state index contributed by atoms with van der Waals surface area (Å²) in [6.07, 6.45) is 3.07. The zero-order chi connectivity index (χ0) is 35.7. The van der Waals surface area contributed by atoms with Gasteiger partial charge in [0.05, 0.1) is 62.6 Å². The predicted molar refractivity (Wildman–Crippen MR) is 200 cm³/mol. The average Bonchev–Trinajstić information content (AvgIpc) is 3.88. The summed E-state index contributed by atoms with van der Waals surface area (Å²) in [5.41, 5.74) is 7.24. The molecule has 2 heterocycles. The molecule has 51 heavy (non-hydrogen) atoms. The summed E-state index contributed by atoms with van der Waals surface area (Å²) in [5, 5.41) is 3.75. The molecule has 5 rings (SSSR count). The second-order valence-electron chi connectivity index (χ2n) is 11.7. The number of fused-ring (bicyclic) bond motifs is 3. The van der Waals surface area contributed by atoms with Gasteiger partial charge in [-0.15, -0.1) is 22.7 Å². The van der Waals surface area contributed by atoms with Gasteiger partial charge in [-0.05, 0) is 82.3 Å². The summed E-state index contributed by atoms with van der Waals surface area (Å²) in [5.74, 6) is 13.0. The van der Waals surface area contributed by atoms with E-state index in [0.717, 1.165) is 57.1 Å². The number of thiophene rings is 2. The van der Waals surface area contributed by atoms with Crippen LogP contribution in [0.25, 0.3) is 11.1 Å². The van der Waals surface area contributed by atoms with Crippen molar-refractivity contribution in [3.8, 4) is 34.8 Å². The van der Waals surface area contributed by atoms with Crippen molar-refractivity contribution in [1.82, 2.24) is 0 Å². The van der Waals surface area contributed by atoms with Gasteiger partial charge in [0, 0.05) is 55.1 Å². The maximum absolute atomic E-state index is 11.5. The molecular weight excluding hydrogens is 685 g/mol. The number of carbonyl (C=O) groups is 2. The fraction of sp³-hybridized carbons (Fsp3) is 0.366. The molecule has 2 aromatic heterocycles. The summed E-state index contributed by atoms with van der Waals surface area (Å²) in [4.78, 5) is 24.3. The second-order valence-corrected chi connectivity index (χ2v) is 13.6. The number of rotatable bonds is 20. The molecule has 0 unspecified atom stereocenters. The van der Waals surface area contributed by atoms with Crippen molar-refractivity contribution < 1.29 is 38.0 Å². The molecule has 1 aliphatic rings. The van der Waals surface area contributed by atoms with Gasteiger partial charge >= 0.3 is 0 Å². The smallest absolute Gasteiger partial charge is 0.161 e. The molecule has 0 radical (unpaired) electrons. The molecule has 2 aromatic carbocycles. The number of aldehydes is 2. The van der Waals surface area contributed by atoms with Crippen molar-refractivity contribution in [3.05, 3.63) is 102 Å². The molecule has 266 valence electrons. The van der Waals surface area contributed by atoms with E-state index in [0.29, 0.717) is 88.7 Å². The van der Waals surface area contributed by atoms with Crippen molar-refractivity contribution in [2.24, 2.45) is 0 Å². The first kappa shape index (κ1) is 38.3. The van der Waals surface area contributed by atoms with Gasteiger partial charge in [0.15, 0.2) is 12.6 Å². The Kier molecular flexibility index (Phi) is 15.2. The first-order chi connectivity index (χ1) is 25.1. The fourth-order valence-corrected chi connectivity index (χ4v) is 7.35. The van der Waals surface area contributed by atoms with E-state index in [9.17, 15) is 9.59 Å². The quantitative estimate of drug-likeness (QED) is 0.0570. The lowest BCUT2D eigenvalue weighted by Crippen LogP contribution is -2.30. The van der Waals surface area contributed by atoms with Crippen molar-refractivity contribution in [2.45, 2.75) is 18.3 Å². The van der Waals surface area contributed by atoms with Crippen LogP contribution in [0.5, 0.6) is 0 Å². The number of hydrogen-bond acceptors (Lipinski definition) is 10. The van der Waals surface area contributed by atoms with Crippen LogP contribution < -0.4 is 0 Å². The summed E-state index contributed by atoms with van der Waals surface area (Å²) in [6, 6.07) is 16.4. The highest BCUT2D eigenvalue weighted by Crippen LogP contribution is 2.53. The van der Waals surface area contributed by atoms with Crippen LogP contribution in [0.4, 0.5) is 0 Å². The molecule has 0 aliphatic heterocycles. The van der Waals surface area contributed by atoms with Gasteiger partial charge in [0.2, 0.25) is 0 Å². The lowest BCUT2D eigenvalue weighted by molar-refractivity contribution is 0.0145. The standard InChI is InChI=1S/C41H42O8S2/c1-44-17-19-48-23-21-46-15-13-41(14-16-47-22-24-49-20-18-45-2)37-27-31(3-7-33-11-25-50-39(33)29-42)5-9-35(37)36-10-6-32(28-38(36)41)4-8-34-12-26-51-40(34)30-43/h5-6,9-12,25-30H,13-24H2,1-2H3. The van der Waals surface area contributed by atoms with Crippen LogP contribution in [0.15, 0.2) is 59.3 Å². The highest BCUT2D eigenvalue weighted by atomic mass is 32.1. The molecule has 1 aliphatic carbocycles. The summed E-state index contributed by atoms with van der Waals surface area (Å²) in [7, 11) is 3.30. The molecule has 0 spiro atoms. The van der Waals surface area contributed by atoms with Gasteiger partial charge in [0.1, 0.15) is 0 Å². The summed E-state index contributed by atoms with van der Waals surface area (Å²) < 4.78 is 33.7. The normalized spacial score (nSPS) is 12.4.